The lowest BCUT2D eigenvalue weighted by Gasteiger charge is -2.32. The van der Waals surface area contributed by atoms with Crippen molar-refractivity contribution in [3.05, 3.63) is 89.4 Å². The maximum atomic E-state index is 14.0. The van der Waals surface area contributed by atoms with Crippen LogP contribution in [0, 0.1) is 0 Å². The molecule has 3 aromatic carbocycles. The third kappa shape index (κ3) is 4.25. The summed E-state index contributed by atoms with van der Waals surface area (Å²) in [5.41, 5.74) is 1.13. The predicted molar refractivity (Wildman–Crippen MR) is 109 cm³/mol. The molecule has 0 saturated heterocycles. The molecular formula is C22H16ClF3N2O3. The van der Waals surface area contributed by atoms with E-state index in [9.17, 15) is 18.0 Å². The Morgan fingerprint density at radius 1 is 0.935 bits per heavy atom. The van der Waals surface area contributed by atoms with Crippen LogP contribution in [0.5, 0.6) is 11.5 Å². The summed E-state index contributed by atoms with van der Waals surface area (Å²) >= 11 is 5.84. The van der Waals surface area contributed by atoms with E-state index >= 15 is 0 Å². The largest absolute Gasteiger partial charge is 0.492 e. The van der Waals surface area contributed by atoms with Crippen LogP contribution in [-0.4, -0.2) is 18.1 Å². The normalized spacial score (nSPS) is 17.3. The second-order valence-electron chi connectivity index (χ2n) is 6.75. The molecule has 1 aliphatic rings. The zero-order valence-electron chi connectivity index (χ0n) is 15.9. The monoisotopic (exact) mass is 448 g/mol. The number of hydrogen-bond donors (Lipinski definition) is 1. The van der Waals surface area contributed by atoms with Gasteiger partial charge in [0.2, 0.25) is 0 Å². The highest BCUT2D eigenvalue weighted by atomic mass is 35.5. The van der Waals surface area contributed by atoms with Crippen molar-refractivity contribution in [3.63, 3.8) is 0 Å². The van der Waals surface area contributed by atoms with Crippen LogP contribution in [0.1, 0.15) is 5.56 Å². The Bertz CT molecular complexity index is 1080. The molecular weight excluding hydrogens is 433 g/mol. The summed E-state index contributed by atoms with van der Waals surface area (Å²) in [5, 5.41) is 2.06. The van der Waals surface area contributed by atoms with E-state index in [4.69, 9.17) is 21.1 Å². The summed E-state index contributed by atoms with van der Waals surface area (Å²) in [5.74, 6) is -3.79. The SMILES string of the molecule is O=C(NC1(C(F)(F)F)Oc2ccc(Cl)cc2O1)N(Cc1ccccc1)c1ccccc1. The Morgan fingerprint density at radius 3 is 2.19 bits per heavy atom. The maximum Gasteiger partial charge on any atom is 0.492 e. The highest BCUT2D eigenvalue weighted by Crippen LogP contribution is 2.46. The van der Waals surface area contributed by atoms with E-state index in [2.05, 4.69) is 0 Å². The zero-order valence-corrected chi connectivity index (χ0v) is 16.7. The minimum atomic E-state index is -5.08. The number of ether oxygens (including phenoxy) is 2. The minimum absolute atomic E-state index is 0.0312. The molecule has 3 aromatic rings. The minimum Gasteiger partial charge on any atom is -0.424 e. The van der Waals surface area contributed by atoms with Crippen molar-refractivity contribution in [1.29, 1.82) is 0 Å². The van der Waals surface area contributed by atoms with Crippen LogP contribution in [0.2, 0.25) is 5.02 Å². The van der Waals surface area contributed by atoms with Gasteiger partial charge in [-0.25, -0.2) is 4.79 Å². The highest BCUT2D eigenvalue weighted by Gasteiger charge is 2.66. The Morgan fingerprint density at radius 2 is 1.55 bits per heavy atom. The summed E-state index contributed by atoms with van der Waals surface area (Å²) in [7, 11) is 0. The van der Waals surface area contributed by atoms with Crippen LogP contribution < -0.4 is 19.7 Å². The molecule has 9 heteroatoms. The Hall–Kier alpha value is -3.39. The predicted octanol–water partition coefficient (Wildman–Crippen LogP) is 5.74. The van der Waals surface area contributed by atoms with Crippen LogP contribution in [0.15, 0.2) is 78.9 Å². The second-order valence-corrected chi connectivity index (χ2v) is 7.18. The number of alkyl halides is 3. The molecule has 0 aliphatic carbocycles. The summed E-state index contributed by atoms with van der Waals surface area (Å²) in [6.45, 7) is 0.0312. The number of nitrogens with one attached hydrogen (secondary N) is 1. The van der Waals surface area contributed by atoms with Gasteiger partial charge in [0.1, 0.15) is 0 Å². The van der Waals surface area contributed by atoms with Crippen molar-refractivity contribution >= 4 is 23.3 Å². The molecule has 31 heavy (non-hydrogen) atoms. The van der Waals surface area contributed by atoms with E-state index in [1.54, 1.807) is 60.7 Å². The molecule has 0 aromatic heterocycles. The average Bonchev–Trinajstić information content (AvgIpc) is 3.11. The lowest BCUT2D eigenvalue weighted by atomic mass is 10.2. The van der Waals surface area contributed by atoms with E-state index in [0.29, 0.717) is 5.69 Å². The quantitative estimate of drug-likeness (QED) is 0.553. The molecule has 0 fully saturated rings. The summed E-state index contributed by atoms with van der Waals surface area (Å²) < 4.78 is 52.2. The zero-order chi connectivity index (χ0) is 22.1. The van der Waals surface area contributed by atoms with Crippen LogP contribution in [0.4, 0.5) is 23.7 Å². The van der Waals surface area contributed by atoms with Gasteiger partial charge in [-0.3, -0.25) is 10.2 Å². The van der Waals surface area contributed by atoms with Gasteiger partial charge in [0.25, 0.3) is 0 Å². The first-order valence-electron chi connectivity index (χ1n) is 9.20. The fourth-order valence-electron chi connectivity index (χ4n) is 3.08. The number of carbonyl (C=O) groups excluding carboxylic acids is 1. The number of urea groups is 1. The standard InChI is InChI=1S/C22H16ClF3N2O3/c23-16-11-12-18-19(13-16)31-22(30-18,21(24,25)26)27-20(29)28(17-9-5-2-6-10-17)14-15-7-3-1-4-8-15/h1-13H,14H2,(H,27,29). The first-order chi connectivity index (χ1) is 14.8. The number of anilines is 1. The Balaban J connectivity index is 1.66. The number of amides is 2. The van der Waals surface area contributed by atoms with Crippen molar-refractivity contribution in [1.82, 2.24) is 5.32 Å². The van der Waals surface area contributed by atoms with Crippen LogP contribution in [0.25, 0.3) is 0 Å². The van der Waals surface area contributed by atoms with E-state index in [1.807, 2.05) is 5.32 Å². The van der Waals surface area contributed by atoms with Gasteiger partial charge >= 0.3 is 18.1 Å². The molecule has 1 atom stereocenters. The van der Waals surface area contributed by atoms with Crippen molar-refractivity contribution in [2.24, 2.45) is 0 Å². The molecule has 2 amide bonds. The van der Waals surface area contributed by atoms with E-state index in [0.717, 1.165) is 5.56 Å². The number of halogens is 4. The lowest BCUT2D eigenvalue weighted by molar-refractivity contribution is -0.317. The number of fused-ring (bicyclic) bond motifs is 1. The molecule has 5 nitrogen and oxygen atoms in total. The van der Waals surface area contributed by atoms with Crippen molar-refractivity contribution in [3.8, 4) is 11.5 Å². The third-order valence-corrected chi connectivity index (χ3v) is 4.79. The highest BCUT2D eigenvalue weighted by molar-refractivity contribution is 6.30. The Kier molecular flexibility index (Phi) is 5.41. The number of carbonyl (C=O) groups is 1. The van der Waals surface area contributed by atoms with E-state index in [1.165, 1.54) is 23.1 Å². The fraction of sp³-hybridized carbons (Fsp3) is 0.136. The number of rotatable bonds is 4. The molecule has 0 saturated carbocycles. The number of nitrogens with zero attached hydrogens (tertiary/aromatic N) is 1. The summed E-state index contributed by atoms with van der Waals surface area (Å²) in [4.78, 5) is 14.3. The van der Waals surface area contributed by atoms with Crippen molar-refractivity contribution in [2.75, 3.05) is 4.90 Å². The molecule has 1 unspecified atom stereocenters. The van der Waals surface area contributed by atoms with Gasteiger partial charge in [0, 0.05) is 16.8 Å². The average molecular weight is 449 g/mol. The molecule has 4 rings (SSSR count). The number of benzene rings is 3. The third-order valence-electron chi connectivity index (χ3n) is 4.55. The molecule has 160 valence electrons. The lowest BCUT2D eigenvalue weighted by Crippen LogP contribution is -2.66. The van der Waals surface area contributed by atoms with Gasteiger partial charge < -0.3 is 9.47 Å². The van der Waals surface area contributed by atoms with Gasteiger partial charge in [0.05, 0.1) is 6.54 Å². The maximum absolute atomic E-state index is 14.0. The molecule has 0 bridgehead atoms. The van der Waals surface area contributed by atoms with Gasteiger partial charge in [-0.2, -0.15) is 13.2 Å². The number of hydrogen-bond acceptors (Lipinski definition) is 3. The van der Waals surface area contributed by atoms with Gasteiger partial charge in [0.15, 0.2) is 11.5 Å². The molecule has 0 spiro atoms. The number of para-hydroxylation sites is 1. The van der Waals surface area contributed by atoms with Crippen molar-refractivity contribution < 1.29 is 27.4 Å². The molecule has 1 heterocycles. The fourth-order valence-corrected chi connectivity index (χ4v) is 3.24. The first kappa shape index (κ1) is 20.9. The first-order valence-corrected chi connectivity index (χ1v) is 9.58. The summed E-state index contributed by atoms with van der Waals surface area (Å²) in [6.07, 6.45) is -5.08. The van der Waals surface area contributed by atoms with Gasteiger partial charge in [-0.1, -0.05) is 60.1 Å². The van der Waals surface area contributed by atoms with E-state index in [-0.39, 0.29) is 23.1 Å². The summed E-state index contributed by atoms with van der Waals surface area (Å²) in [6, 6.07) is 20.0. The van der Waals surface area contributed by atoms with Crippen LogP contribution in [0.3, 0.4) is 0 Å². The van der Waals surface area contributed by atoms with E-state index < -0.39 is 18.1 Å². The van der Waals surface area contributed by atoms with Crippen LogP contribution in [-0.2, 0) is 6.54 Å². The molecule has 0 radical (unpaired) electrons. The second kappa shape index (κ2) is 8.03. The smallest absolute Gasteiger partial charge is 0.424 e. The van der Waals surface area contributed by atoms with Gasteiger partial charge in [-0.15, -0.1) is 0 Å². The Labute approximate surface area is 180 Å². The topological polar surface area (TPSA) is 50.8 Å². The van der Waals surface area contributed by atoms with Crippen molar-refractivity contribution in [2.45, 2.75) is 18.6 Å². The van der Waals surface area contributed by atoms with Crippen LogP contribution >= 0.6 is 11.6 Å². The molecule has 1 N–H and O–H groups in total. The molecule has 1 aliphatic heterocycles. The van der Waals surface area contributed by atoms with Gasteiger partial charge in [-0.05, 0) is 29.8 Å².